The second-order valence-electron chi connectivity index (χ2n) is 9.23. The fourth-order valence-corrected chi connectivity index (χ4v) is 6.30. The van der Waals surface area contributed by atoms with Crippen LogP contribution >= 0.6 is 11.3 Å². The quantitative estimate of drug-likeness (QED) is 0.553. The first-order chi connectivity index (χ1) is 16.8. The first kappa shape index (κ1) is 23.0. The zero-order chi connectivity index (χ0) is 24.7. The number of rotatable bonds is 3. The Hall–Kier alpha value is -3.72. The summed E-state index contributed by atoms with van der Waals surface area (Å²) in [6.45, 7) is 5.48. The van der Waals surface area contributed by atoms with Gasteiger partial charge in [0.25, 0.3) is 0 Å². The molecule has 12 heteroatoms. The molecule has 0 bridgehead atoms. The number of nitrogens with zero attached hydrogens (tertiary/aromatic N) is 7. The monoisotopic (exact) mass is 494 g/mol. The van der Waals surface area contributed by atoms with Crippen LogP contribution in [0.2, 0.25) is 0 Å². The van der Waals surface area contributed by atoms with E-state index in [9.17, 15) is 15.2 Å². The summed E-state index contributed by atoms with van der Waals surface area (Å²) in [6.07, 6.45) is 4.00. The van der Waals surface area contributed by atoms with E-state index in [1.807, 2.05) is 18.7 Å². The average molecular weight is 495 g/mol. The molecule has 0 radical (unpaired) electrons. The first-order valence-electron chi connectivity index (χ1n) is 11.6. The number of carboxylic acid groups (broad SMARTS) is 1. The standard InChI is InChI=1S/C23H26N8O3S/c1-13-12-30(22(32)33)9-4-10-31(13)21-26-8-6-15(27-21)19-28-20(34-29-19)23(2)7-3-5-16-17(23)14(11-24)18(25)35-16/h6,8,13H,3-5,7,9-10,12,25H2,1-2H3,(H,32,33)/t13-,23-/m0/s1. The maximum atomic E-state index is 11.4. The lowest BCUT2D eigenvalue weighted by Gasteiger charge is -2.30. The van der Waals surface area contributed by atoms with Gasteiger partial charge in [0.15, 0.2) is 0 Å². The number of aryl methyl sites for hydroxylation is 1. The van der Waals surface area contributed by atoms with Gasteiger partial charge in [0, 0.05) is 42.3 Å². The second-order valence-corrected chi connectivity index (χ2v) is 10.4. The molecule has 0 saturated carbocycles. The smallest absolute Gasteiger partial charge is 0.407 e. The van der Waals surface area contributed by atoms with Gasteiger partial charge in [0.1, 0.15) is 16.8 Å². The predicted molar refractivity (Wildman–Crippen MR) is 129 cm³/mol. The van der Waals surface area contributed by atoms with E-state index >= 15 is 0 Å². The van der Waals surface area contributed by atoms with Gasteiger partial charge in [0.05, 0.1) is 11.0 Å². The summed E-state index contributed by atoms with van der Waals surface area (Å²) < 4.78 is 5.74. The van der Waals surface area contributed by atoms with Crippen molar-refractivity contribution in [1.29, 1.82) is 5.26 Å². The Kier molecular flexibility index (Phi) is 5.80. The first-order valence-corrected chi connectivity index (χ1v) is 12.4. The van der Waals surface area contributed by atoms with Crippen LogP contribution < -0.4 is 10.6 Å². The molecule has 4 heterocycles. The zero-order valence-corrected chi connectivity index (χ0v) is 20.4. The predicted octanol–water partition coefficient (Wildman–Crippen LogP) is 3.26. The van der Waals surface area contributed by atoms with E-state index in [-0.39, 0.29) is 6.04 Å². The third-order valence-electron chi connectivity index (χ3n) is 6.89. The van der Waals surface area contributed by atoms with Gasteiger partial charge in [-0.1, -0.05) is 5.16 Å². The SMILES string of the molecule is C[C@H]1CN(C(=O)O)CCCN1c1nccc(-c2noc([C@@]3(C)CCCc4sc(N)c(C#N)c43)n2)n1. The summed E-state index contributed by atoms with van der Waals surface area (Å²) >= 11 is 1.46. The summed E-state index contributed by atoms with van der Waals surface area (Å²) in [6, 6.07) is 3.90. The molecule has 2 atom stereocenters. The van der Waals surface area contributed by atoms with Gasteiger partial charge in [-0.15, -0.1) is 11.3 Å². The molecular weight excluding hydrogens is 468 g/mol. The van der Waals surface area contributed by atoms with Crippen molar-refractivity contribution < 1.29 is 14.4 Å². The van der Waals surface area contributed by atoms with Crippen molar-refractivity contribution in [2.45, 2.75) is 51.0 Å². The Balaban J connectivity index is 1.46. The summed E-state index contributed by atoms with van der Waals surface area (Å²) in [4.78, 5) is 29.8. The molecule has 5 rings (SSSR count). The van der Waals surface area contributed by atoms with E-state index in [2.05, 4.69) is 21.2 Å². The molecule has 1 amide bonds. The number of fused-ring (bicyclic) bond motifs is 1. The number of nitrogens with two attached hydrogens (primary N) is 1. The highest BCUT2D eigenvalue weighted by molar-refractivity contribution is 7.16. The molecule has 35 heavy (non-hydrogen) atoms. The van der Waals surface area contributed by atoms with E-state index in [0.717, 1.165) is 29.7 Å². The van der Waals surface area contributed by atoms with Gasteiger partial charge in [-0.25, -0.2) is 14.8 Å². The lowest BCUT2D eigenvalue weighted by Crippen LogP contribution is -2.41. The summed E-state index contributed by atoms with van der Waals surface area (Å²) in [5.74, 6) is 1.27. The molecule has 0 unspecified atom stereocenters. The van der Waals surface area contributed by atoms with Crippen molar-refractivity contribution in [2.24, 2.45) is 0 Å². The fraction of sp³-hybridized carbons (Fsp3) is 0.478. The second kappa shape index (κ2) is 8.81. The van der Waals surface area contributed by atoms with Gasteiger partial charge in [-0.05, 0) is 45.6 Å². The average Bonchev–Trinajstić information content (AvgIpc) is 3.41. The molecule has 3 aromatic rings. The Morgan fingerprint density at radius 3 is 2.97 bits per heavy atom. The van der Waals surface area contributed by atoms with E-state index in [1.54, 1.807) is 12.3 Å². The van der Waals surface area contributed by atoms with Crippen molar-refractivity contribution in [2.75, 3.05) is 30.3 Å². The molecule has 182 valence electrons. The van der Waals surface area contributed by atoms with Gasteiger partial charge >= 0.3 is 6.09 Å². The van der Waals surface area contributed by atoms with Gasteiger partial charge in [-0.3, -0.25) is 0 Å². The van der Waals surface area contributed by atoms with Crippen LogP contribution in [0.3, 0.4) is 0 Å². The third-order valence-corrected chi connectivity index (χ3v) is 7.97. The molecule has 0 spiro atoms. The molecular formula is C23H26N8O3S. The number of thiophene rings is 1. The summed E-state index contributed by atoms with van der Waals surface area (Å²) in [5.41, 5.74) is 7.44. The Morgan fingerprint density at radius 1 is 1.37 bits per heavy atom. The summed E-state index contributed by atoms with van der Waals surface area (Å²) in [5, 5.41) is 23.8. The molecule has 3 N–H and O–H groups in total. The minimum absolute atomic E-state index is 0.0855. The van der Waals surface area contributed by atoms with Crippen LogP contribution in [0.5, 0.6) is 0 Å². The van der Waals surface area contributed by atoms with Crippen LogP contribution in [0.4, 0.5) is 15.7 Å². The van der Waals surface area contributed by atoms with E-state index < -0.39 is 11.5 Å². The number of amides is 1. The van der Waals surface area contributed by atoms with Crippen LogP contribution in [0.1, 0.15) is 55.0 Å². The molecule has 2 aliphatic rings. The van der Waals surface area contributed by atoms with Crippen molar-refractivity contribution >= 4 is 28.4 Å². The number of anilines is 2. The molecule has 11 nitrogen and oxygen atoms in total. The lowest BCUT2D eigenvalue weighted by molar-refractivity contribution is 0.145. The normalized spacial score (nSPS) is 22.4. The molecule has 1 aliphatic heterocycles. The van der Waals surface area contributed by atoms with Crippen LogP contribution in [0, 0.1) is 11.3 Å². The highest BCUT2D eigenvalue weighted by atomic mass is 32.1. The fourth-order valence-electron chi connectivity index (χ4n) is 5.10. The van der Waals surface area contributed by atoms with E-state index in [1.165, 1.54) is 16.2 Å². The van der Waals surface area contributed by atoms with Crippen molar-refractivity contribution in [1.82, 2.24) is 25.0 Å². The van der Waals surface area contributed by atoms with Crippen LogP contribution in [-0.2, 0) is 11.8 Å². The van der Waals surface area contributed by atoms with Gasteiger partial charge in [0.2, 0.25) is 17.7 Å². The molecule has 1 aliphatic carbocycles. The summed E-state index contributed by atoms with van der Waals surface area (Å²) in [7, 11) is 0. The van der Waals surface area contributed by atoms with Gasteiger partial charge < -0.3 is 25.2 Å². The largest absolute Gasteiger partial charge is 0.465 e. The van der Waals surface area contributed by atoms with Crippen molar-refractivity contribution in [3.8, 4) is 17.6 Å². The molecule has 1 saturated heterocycles. The Morgan fingerprint density at radius 2 is 2.20 bits per heavy atom. The number of nitriles is 1. The Bertz CT molecular complexity index is 1310. The van der Waals surface area contributed by atoms with Crippen LogP contribution in [-0.4, -0.2) is 61.9 Å². The maximum absolute atomic E-state index is 11.4. The number of aromatic nitrogens is 4. The molecule has 3 aromatic heterocycles. The van der Waals surface area contributed by atoms with Crippen LogP contribution in [0.25, 0.3) is 11.5 Å². The number of hydrogen-bond acceptors (Lipinski definition) is 10. The number of nitrogen functional groups attached to an aromatic ring is 1. The van der Waals surface area contributed by atoms with Crippen molar-refractivity contribution in [3.05, 3.63) is 34.2 Å². The van der Waals surface area contributed by atoms with E-state index in [0.29, 0.717) is 60.0 Å². The molecule has 1 fully saturated rings. The highest BCUT2D eigenvalue weighted by Gasteiger charge is 2.43. The van der Waals surface area contributed by atoms with Crippen LogP contribution in [0.15, 0.2) is 16.8 Å². The zero-order valence-electron chi connectivity index (χ0n) is 19.6. The number of carbonyl (C=O) groups is 1. The van der Waals surface area contributed by atoms with Gasteiger partial charge in [-0.2, -0.15) is 10.2 Å². The Labute approximate surface area is 206 Å². The van der Waals surface area contributed by atoms with E-state index in [4.69, 9.17) is 15.2 Å². The lowest BCUT2D eigenvalue weighted by atomic mass is 9.72. The molecule has 0 aromatic carbocycles. The topological polar surface area (TPSA) is 158 Å². The maximum Gasteiger partial charge on any atom is 0.407 e. The minimum Gasteiger partial charge on any atom is -0.465 e. The minimum atomic E-state index is -0.918. The highest BCUT2D eigenvalue weighted by Crippen LogP contribution is 2.48. The van der Waals surface area contributed by atoms with Crippen molar-refractivity contribution in [3.63, 3.8) is 0 Å². The third kappa shape index (κ3) is 3.95. The number of hydrogen-bond donors (Lipinski definition) is 2.